The minimum absolute atomic E-state index is 0.0829. The number of aromatic nitrogens is 2. The number of carbonyl (C=O) groups is 1. The highest BCUT2D eigenvalue weighted by atomic mass is 16.5. The van der Waals surface area contributed by atoms with Crippen LogP contribution in [-0.2, 0) is 4.79 Å². The molecule has 1 aromatic heterocycles. The van der Waals surface area contributed by atoms with Gasteiger partial charge in [-0.15, -0.1) is 0 Å². The molecule has 6 heteroatoms. The van der Waals surface area contributed by atoms with Crippen LogP contribution in [0.4, 0.5) is 5.69 Å². The highest BCUT2D eigenvalue weighted by Gasteiger charge is 2.35. The van der Waals surface area contributed by atoms with Gasteiger partial charge in [0.1, 0.15) is 5.75 Å². The molecule has 2 aromatic carbocycles. The molecule has 1 saturated heterocycles. The second-order valence-electron chi connectivity index (χ2n) is 6.81. The fourth-order valence-corrected chi connectivity index (χ4v) is 3.42. The average Bonchev–Trinajstić information content (AvgIpc) is 3.31. The van der Waals surface area contributed by atoms with Crippen molar-refractivity contribution in [3.05, 3.63) is 59.4 Å². The first kappa shape index (κ1) is 17.3. The summed E-state index contributed by atoms with van der Waals surface area (Å²) in [6.07, 6.45) is 0.379. The van der Waals surface area contributed by atoms with E-state index < -0.39 is 0 Å². The summed E-state index contributed by atoms with van der Waals surface area (Å²) in [6, 6.07) is 13.5. The number of methoxy groups -OCH3 is 1. The Morgan fingerprint density at radius 1 is 1.19 bits per heavy atom. The number of aryl methyl sites for hydroxylation is 1. The molecule has 1 aliphatic heterocycles. The van der Waals surface area contributed by atoms with Gasteiger partial charge in [0.25, 0.3) is 5.89 Å². The summed E-state index contributed by atoms with van der Waals surface area (Å²) in [4.78, 5) is 19.0. The van der Waals surface area contributed by atoms with E-state index >= 15 is 0 Å². The lowest BCUT2D eigenvalue weighted by molar-refractivity contribution is -0.117. The van der Waals surface area contributed by atoms with Gasteiger partial charge in [0, 0.05) is 30.1 Å². The first-order valence-corrected chi connectivity index (χ1v) is 8.91. The molecule has 1 atom stereocenters. The third-order valence-electron chi connectivity index (χ3n) is 5.12. The Hall–Kier alpha value is -3.15. The van der Waals surface area contributed by atoms with Crippen LogP contribution in [0.3, 0.4) is 0 Å². The van der Waals surface area contributed by atoms with E-state index in [0.717, 1.165) is 22.6 Å². The Labute approximate surface area is 157 Å². The zero-order chi connectivity index (χ0) is 19.0. The molecule has 0 N–H and O–H groups in total. The minimum atomic E-state index is -0.0829. The summed E-state index contributed by atoms with van der Waals surface area (Å²) in [5, 5.41) is 4.13. The van der Waals surface area contributed by atoms with Crippen LogP contribution >= 0.6 is 0 Å². The van der Waals surface area contributed by atoms with Gasteiger partial charge >= 0.3 is 0 Å². The van der Waals surface area contributed by atoms with Crippen LogP contribution in [0.1, 0.15) is 29.3 Å². The molecule has 0 radical (unpaired) electrons. The normalized spacial score (nSPS) is 16.8. The lowest BCUT2D eigenvalue weighted by atomic mass is 10.1. The number of hydrogen-bond donors (Lipinski definition) is 0. The zero-order valence-electron chi connectivity index (χ0n) is 15.6. The number of benzene rings is 2. The molecule has 0 aliphatic carbocycles. The summed E-state index contributed by atoms with van der Waals surface area (Å²) >= 11 is 0. The third-order valence-corrected chi connectivity index (χ3v) is 5.12. The first-order valence-electron chi connectivity index (χ1n) is 8.91. The molecule has 1 amide bonds. The van der Waals surface area contributed by atoms with Crippen LogP contribution < -0.4 is 9.64 Å². The Balaban J connectivity index is 1.58. The van der Waals surface area contributed by atoms with Crippen LogP contribution in [0.2, 0.25) is 0 Å². The maximum absolute atomic E-state index is 12.6. The molecule has 0 saturated carbocycles. The largest absolute Gasteiger partial charge is 0.497 e. The zero-order valence-corrected chi connectivity index (χ0v) is 15.6. The molecule has 1 fully saturated rings. The molecular weight excluding hydrogens is 342 g/mol. The standard InChI is InChI=1S/C21H21N3O3/c1-13-6-4-9-18(14(13)2)24-12-16(11-19(24)25)20-22-21(27-23-20)15-7-5-8-17(10-15)26-3/h4-10,16H,11-12H2,1-3H3. The number of amides is 1. The maximum Gasteiger partial charge on any atom is 0.258 e. The van der Waals surface area contributed by atoms with Crippen LogP contribution in [0.5, 0.6) is 5.75 Å². The molecule has 0 spiro atoms. The van der Waals surface area contributed by atoms with Crippen molar-refractivity contribution in [2.24, 2.45) is 0 Å². The van der Waals surface area contributed by atoms with Gasteiger partial charge in [0.05, 0.1) is 7.11 Å². The molecule has 3 aromatic rings. The van der Waals surface area contributed by atoms with Gasteiger partial charge in [-0.3, -0.25) is 4.79 Å². The van der Waals surface area contributed by atoms with Crippen molar-refractivity contribution in [1.82, 2.24) is 10.1 Å². The van der Waals surface area contributed by atoms with E-state index in [1.807, 2.05) is 48.2 Å². The molecule has 2 heterocycles. The van der Waals surface area contributed by atoms with Gasteiger partial charge in [-0.25, -0.2) is 0 Å². The molecular formula is C21H21N3O3. The fourth-order valence-electron chi connectivity index (χ4n) is 3.42. The third kappa shape index (κ3) is 3.18. The smallest absolute Gasteiger partial charge is 0.258 e. The summed E-state index contributed by atoms with van der Waals surface area (Å²) in [7, 11) is 1.62. The number of hydrogen-bond acceptors (Lipinski definition) is 5. The molecule has 6 nitrogen and oxygen atoms in total. The van der Waals surface area contributed by atoms with E-state index in [4.69, 9.17) is 9.26 Å². The summed E-state index contributed by atoms with van der Waals surface area (Å²) in [5.74, 6) is 1.72. The van der Waals surface area contributed by atoms with Crippen LogP contribution in [0.15, 0.2) is 47.0 Å². The Morgan fingerprint density at radius 2 is 2.00 bits per heavy atom. The maximum atomic E-state index is 12.6. The molecule has 1 unspecified atom stereocenters. The van der Waals surface area contributed by atoms with Gasteiger partial charge in [-0.2, -0.15) is 4.98 Å². The van der Waals surface area contributed by atoms with Crippen molar-refractivity contribution in [3.63, 3.8) is 0 Å². The van der Waals surface area contributed by atoms with Crippen molar-refractivity contribution in [2.45, 2.75) is 26.2 Å². The number of ether oxygens (including phenoxy) is 1. The predicted octanol–water partition coefficient (Wildman–Crippen LogP) is 3.88. The monoisotopic (exact) mass is 363 g/mol. The number of nitrogens with zero attached hydrogens (tertiary/aromatic N) is 3. The summed E-state index contributed by atoms with van der Waals surface area (Å²) in [5.41, 5.74) is 4.04. The van der Waals surface area contributed by atoms with Crippen molar-refractivity contribution in [2.75, 3.05) is 18.6 Å². The van der Waals surface area contributed by atoms with Gasteiger partial charge in [-0.1, -0.05) is 23.4 Å². The van der Waals surface area contributed by atoms with Crippen LogP contribution in [-0.4, -0.2) is 29.7 Å². The average molecular weight is 363 g/mol. The number of anilines is 1. The highest BCUT2D eigenvalue weighted by molar-refractivity contribution is 5.97. The fraction of sp³-hybridized carbons (Fsp3) is 0.286. The van der Waals surface area contributed by atoms with Crippen LogP contribution in [0, 0.1) is 13.8 Å². The van der Waals surface area contributed by atoms with Crippen LogP contribution in [0.25, 0.3) is 11.5 Å². The van der Waals surface area contributed by atoms with Gasteiger partial charge < -0.3 is 14.2 Å². The predicted molar refractivity (Wildman–Crippen MR) is 102 cm³/mol. The quantitative estimate of drug-likeness (QED) is 0.703. The number of rotatable bonds is 4. The van der Waals surface area contributed by atoms with E-state index in [0.29, 0.717) is 24.7 Å². The molecule has 0 bridgehead atoms. The lowest BCUT2D eigenvalue weighted by Gasteiger charge is -2.19. The lowest BCUT2D eigenvalue weighted by Crippen LogP contribution is -2.25. The second kappa shape index (κ2) is 6.87. The van der Waals surface area contributed by atoms with Gasteiger partial charge in [0.15, 0.2) is 5.82 Å². The van der Waals surface area contributed by atoms with Gasteiger partial charge in [0.2, 0.25) is 5.91 Å². The molecule has 27 heavy (non-hydrogen) atoms. The Morgan fingerprint density at radius 3 is 2.81 bits per heavy atom. The number of carbonyl (C=O) groups excluding carboxylic acids is 1. The second-order valence-corrected chi connectivity index (χ2v) is 6.81. The van der Waals surface area contributed by atoms with Gasteiger partial charge in [-0.05, 0) is 49.2 Å². The Bertz CT molecular complexity index is 996. The van der Waals surface area contributed by atoms with E-state index in [1.54, 1.807) is 7.11 Å². The topological polar surface area (TPSA) is 68.5 Å². The molecule has 1 aliphatic rings. The molecule has 138 valence electrons. The Kier molecular flexibility index (Phi) is 4.39. The van der Waals surface area contributed by atoms with E-state index in [1.165, 1.54) is 5.56 Å². The summed E-state index contributed by atoms with van der Waals surface area (Å²) < 4.78 is 10.7. The SMILES string of the molecule is COc1cccc(-c2nc(C3CC(=O)N(c4cccc(C)c4C)C3)no2)c1. The minimum Gasteiger partial charge on any atom is -0.497 e. The van der Waals surface area contributed by atoms with Crippen molar-refractivity contribution in [3.8, 4) is 17.2 Å². The van der Waals surface area contributed by atoms with E-state index in [9.17, 15) is 4.79 Å². The van der Waals surface area contributed by atoms with Crippen molar-refractivity contribution < 1.29 is 14.1 Å². The van der Waals surface area contributed by atoms with Crippen molar-refractivity contribution >= 4 is 11.6 Å². The van der Waals surface area contributed by atoms with E-state index in [-0.39, 0.29) is 11.8 Å². The summed E-state index contributed by atoms with van der Waals surface area (Å²) in [6.45, 7) is 4.65. The first-order chi connectivity index (χ1) is 13.1. The van der Waals surface area contributed by atoms with E-state index in [2.05, 4.69) is 23.1 Å². The highest BCUT2D eigenvalue weighted by Crippen LogP contribution is 2.34. The van der Waals surface area contributed by atoms with Crippen molar-refractivity contribution in [1.29, 1.82) is 0 Å². The molecule has 4 rings (SSSR count).